The zero-order chi connectivity index (χ0) is 15.8. The van der Waals surface area contributed by atoms with Crippen molar-refractivity contribution in [3.63, 3.8) is 0 Å². The largest absolute Gasteiger partial charge is 0.357 e. The minimum atomic E-state index is 0.669. The second-order valence-corrected chi connectivity index (χ2v) is 6.77. The van der Waals surface area contributed by atoms with E-state index < -0.39 is 0 Å². The molecule has 0 radical (unpaired) electrons. The minimum absolute atomic E-state index is 0.669. The van der Waals surface area contributed by atoms with Crippen LogP contribution < -0.4 is 15.5 Å². The van der Waals surface area contributed by atoms with E-state index in [-0.39, 0.29) is 0 Å². The van der Waals surface area contributed by atoms with E-state index in [1.807, 2.05) is 30.3 Å². The molecule has 3 N–H and O–H groups in total. The lowest BCUT2D eigenvalue weighted by atomic mass is 10.3. The number of quaternary nitrogens is 1. The molecule has 0 fully saturated rings. The van der Waals surface area contributed by atoms with Crippen molar-refractivity contribution in [2.75, 3.05) is 32.5 Å². The monoisotopic (exact) mass is 332 g/mol. The Bertz CT molecular complexity index is 600. The van der Waals surface area contributed by atoms with Gasteiger partial charge in [-0.15, -0.1) is 0 Å². The van der Waals surface area contributed by atoms with Crippen LogP contribution in [-0.2, 0) is 0 Å². The maximum absolute atomic E-state index is 5.37. The Morgan fingerprint density at radius 1 is 1.05 bits per heavy atom. The van der Waals surface area contributed by atoms with Gasteiger partial charge in [-0.25, -0.2) is 0 Å². The molecule has 116 valence electrons. The van der Waals surface area contributed by atoms with Crippen LogP contribution >= 0.6 is 24.0 Å². The van der Waals surface area contributed by atoms with Crippen molar-refractivity contribution in [1.29, 1.82) is 0 Å². The molecule has 2 rings (SSSR count). The van der Waals surface area contributed by atoms with Crippen molar-refractivity contribution in [3.05, 3.63) is 54.6 Å². The number of anilines is 1. The van der Waals surface area contributed by atoms with E-state index in [0.29, 0.717) is 5.11 Å². The predicted molar refractivity (Wildman–Crippen MR) is 98.9 cm³/mol. The number of hydrogen-bond acceptors (Lipinski definition) is 2. The van der Waals surface area contributed by atoms with Crippen molar-refractivity contribution >= 4 is 34.8 Å². The third-order valence-corrected chi connectivity index (χ3v) is 4.35. The molecule has 0 heterocycles. The van der Waals surface area contributed by atoms with Crippen LogP contribution in [-0.4, -0.2) is 32.3 Å². The number of para-hydroxylation sites is 1. The van der Waals surface area contributed by atoms with Gasteiger partial charge in [-0.2, -0.15) is 0 Å². The van der Waals surface area contributed by atoms with Crippen LogP contribution in [0.2, 0.25) is 0 Å². The molecule has 22 heavy (non-hydrogen) atoms. The highest BCUT2D eigenvalue weighted by atomic mass is 32.2. The molecule has 5 heteroatoms. The van der Waals surface area contributed by atoms with Gasteiger partial charge in [0.1, 0.15) is 0 Å². The molecule has 0 aliphatic rings. The van der Waals surface area contributed by atoms with Crippen LogP contribution in [0.15, 0.2) is 64.4 Å². The molecule has 0 bridgehead atoms. The molecule has 0 spiro atoms. The Labute approximate surface area is 142 Å². The second-order valence-electron chi connectivity index (χ2n) is 5.25. The first-order valence-electron chi connectivity index (χ1n) is 7.31. The van der Waals surface area contributed by atoms with E-state index in [1.54, 1.807) is 11.8 Å². The number of benzene rings is 2. The summed E-state index contributed by atoms with van der Waals surface area (Å²) >= 11 is 7.10. The number of likely N-dealkylation sites (N-methyl/N-ethyl adjacent to an activating group) is 1. The van der Waals surface area contributed by atoms with Crippen LogP contribution in [0.5, 0.6) is 0 Å². The number of rotatable bonds is 6. The van der Waals surface area contributed by atoms with Crippen LogP contribution in [0.3, 0.4) is 0 Å². The van der Waals surface area contributed by atoms with Crippen molar-refractivity contribution in [1.82, 2.24) is 5.32 Å². The summed E-state index contributed by atoms with van der Waals surface area (Å²) in [6.45, 7) is 1.89. The van der Waals surface area contributed by atoms with Gasteiger partial charge in [0.05, 0.1) is 32.9 Å². The Kier molecular flexibility index (Phi) is 6.71. The molecule has 0 atom stereocenters. The average molecular weight is 333 g/mol. The van der Waals surface area contributed by atoms with Crippen LogP contribution in [0.4, 0.5) is 5.69 Å². The molecule has 0 aromatic heterocycles. The lowest BCUT2D eigenvalue weighted by molar-refractivity contribution is -0.856. The third-order valence-electron chi connectivity index (χ3n) is 3.02. The van der Waals surface area contributed by atoms with E-state index >= 15 is 0 Å². The molecule has 0 unspecified atom stereocenters. The molecule has 0 amide bonds. The Morgan fingerprint density at radius 2 is 1.73 bits per heavy atom. The van der Waals surface area contributed by atoms with Crippen molar-refractivity contribution in [3.8, 4) is 0 Å². The van der Waals surface area contributed by atoms with Gasteiger partial charge in [-0.05, 0) is 36.5 Å². The highest BCUT2D eigenvalue weighted by Gasteiger charge is 2.05. The van der Waals surface area contributed by atoms with E-state index in [2.05, 4.69) is 49.0 Å². The average Bonchev–Trinajstić information content (AvgIpc) is 2.50. The van der Waals surface area contributed by atoms with Gasteiger partial charge in [-0.3, -0.25) is 0 Å². The van der Waals surface area contributed by atoms with Crippen molar-refractivity contribution < 1.29 is 4.90 Å². The zero-order valence-electron chi connectivity index (χ0n) is 12.9. The lowest BCUT2D eigenvalue weighted by Crippen LogP contribution is -3.06. The van der Waals surface area contributed by atoms with E-state index in [9.17, 15) is 0 Å². The van der Waals surface area contributed by atoms with Gasteiger partial charge in [0.25, 0.3) is 0 Å². The molecule has 0 saturated heterocycles. The maximum atomic E-state index is 5.37. The number of thiocarbonyl (C=S) groups is 1. The quantitative estimate of drug-likeness (QED) is 0.708. The summed E-state index contributed by atoms with van der Waals surface area (Å²) < 4.78 is 0. The standard InChI is InChI=1S/C17H21N3S2/c1-20(2)13-12-18-17(21)19-15-10-6-7-11-16(15)22-14-8-4-3-5-9-14/h3-11H,12-13H2,1-2H3,(H2,18,19,21)/p+1. The number of hydrogen-bond donors (Lipinski definition) is 3. The van der Waals surface area contributed by atoms with E-state index in [4.69, 9.17) is 12.2 Å². The summed E-state index contributed by atoms with van der Waals surface area (Å²) in [4.78, 5) is 3.78. The Balaban J connectivity index is 1.98. The molecular formula is C17H22N3S2+. The smallest absolute Gasteiger partial charge is 0.171 e. The van der Waals surface area contributed by atoms with Crippen molar-refractivity contribution in [2.45, 2.75) is 9.79 Å². The minimum Gasteiger partial charge on any atom is -0.357 e. The normalized spacial score (nSPS) is 10.5. The van der Waals surface area contributed by atoms with Crippen LogP contribution in [0, 0.1) is 0 Å². The summed E-state index contributed by atoms with van der Waals surface area (Å²) in [7, 11) is 4.26. The molecule has 0 aliphatic heterocycles. The maximum Gasteiger partial charge on any atom is 0.171 e. The fourth-order valence-corrected chi connectivity index (χ4v) is 3.00. The summed E-state index contributed by atoms with van der Waals surface area (Å²) in [5.74, 6) is 0. The summed E-state index contributed by atoms with van der Waals surface area (Å²) in [6, 6.07) is 18.6. The number of nitrogens with one attached hydrogen (secondary N) is 3. The third kappa shape index (κ3) is 5.67. The van der Waals surface area contributed by atoms with Crippen molar-refractivity contribution in [2.24, 2.45) is 0 Å². The summed E-state index contributed by atoms with van der Waals surface area (Å²) in [5.41, 5.74) is 1.03. The second kappa shape index (κ2) is 8.78. The van der Waals surface area contributed by atoms with Gasteiger partial charge in [0.15, 0.2) is 5.11 Å². The zero-order valence-corrected chi connectivity index (χ0v) is 14.6. The topological polar surface area (TPSA) is 28.5 Å². The Morgan fingerprint density at radius 3 is 2.45 bits per heavy atom. The van der Waals surface area contributed by atoms with E-state index in [1.165, 1.54) is 9.80 Å². The Hall–Kier alpha value is -1.56. The molecule has 0 saturated carbocycles. The highest BCUT2D eigenvalue weighted by Crippen LogP contribution is 2.32. The van der Waals surface area contributed by atoms with Gasteiger partial charge >= 0.3 is 0 Å². The first kappa shape index (κ1) is 16.8. The van der Waals surface area contributed by atoms with Gasteiger partial charge in [0.2, 0.25) is 0 Å². The summed E-state index contributed by atoms with van der Waals surface area (Å²) in [5, 5.41) is 7.21. The molecule has 0 aliphatic carbocycles. The summed E-state index contributed by atoms with van der Waals surface area (Å²) in [6.07, 6.45) is 0. The van der Waals surface area contributed by atoms with Gasteiger partial charge in [0, 0.05) is 9.79 Å². The van der Waals surface area contributed by atoms with Gasteiger partial charge in [-0.1, -0.05) is 42.1 Å². The lowest BCUT2D eigenvalue weighted by Gasteiger charge is -2.14. The van der Waals surface area contributed by atoms with Crippen LogP contribution in [0.1, 0.15) is 0 Å². The fourth-order valence-electron chi connectivity index (χ4n) is 1.87. The molecule has 2 aromatic rings. The fraction of sp³-hybridized carbons (Fsp3) is 0.235. The molecule has 2 aromatic carbocycles. The first-order valence-corrected chi connectivity index (χ1v) is 8.53. The SMILES string of the molecule is C[NH+](C)CCNC(=S)Nc1ccccc1Sc1ccccc1. The highest BCUT2D eigenvalue weighted by molar-refractivity contribution is 7.99. The predicted octanol–water partition coefficient (Wildman–Crippen LogP) is 2.27. The van der Waals surface area contributed by atoms with E-state index in [0.717, 1.165) is 23.7 Å². The molecular weight excluding hydrogens is 310 g/mol. The van der Waals surface area contributed by atoms with Gasteiger partial charge < -0.3 is 15.5 Å². The first-order chi connectivity index (χ1) is 10.6. The molecule has 3 nitrogen and oxygen atoms in total. The van der Waals surface area contributed by atoms with Crippen LogP contribution in [0.25, 0.3) is 0 Å².